The molecule has 0 radical (unpaired) electrons. The maximum absolute atomic E-state index is 13.0. The van der Waals surface area contributed by atoms with Gasteiger partial charge in [-0.3, -0.25) is 19.4 Å². The number of piperazine rings is 3. The molecular formula is C73H102ClF3N12O12. The normalized spacial score (nSPS) is 20.1. The third kappa shape index (κ3) is 27.6. The number of alkyl carbamates (subject to hydrolysis) is 2. The van der Waals surface area contributed by atoms with Crippen molar-refractivity contribution in [1.29, 1.82) is 0 Å². The van der Waals surface area contributed by atoms with E-state index in [0.29, 0.717) is 94.0 Å². The van der Waals surface area contributed by atoms with E-state index < -0.39 is 29.0 Å². The lowest BCUT2D eigenvalue weighted by atomic mass is 9.89. The van der Waals surface area contributed by atoms with Gasteiger partial charge in [0.05, 0.1) is 5.56 Å². The van der Waals surface area contributed by atoms with E-state index >= 15 is 0 Å². The van der Waals surface area contributed by atoms with Crippen molar-refractivity contribution in [3.05, 3.63) is 130 Å². The topological polar surface area (TPSA) is 272 Å². The first-order valence-electron chi connectivity index (χ1n) is 34.7. The summed E-state index contributed by atoms with van der Waals surface area (Å²) in [6, 6.07) is 29.1. The maximum atomic E-state index is 13.0. The molecule has 3 saturated carbocycles. The van der Waals surface area contributed by atoms with Gasteiger partial charge in [0.2, 0.25) is 0 Å². The summed E-state index contributed by atoms with van der Waals surface area (Å²) in [5.74, 6) is 0.167. The van der Waals surface area contributed by atoms with Gasteiger partial charge in [-0.25, -0.2) is 24.0 Å². The summed E-state index contributed by atoms with van der Waals surface area (Å²) in [4.78, 5) is 93.5. The van der Waals surface area contributed by atoms with Gasteiger partial charge in [-0.2, -0.15) is 28.6 Å². The van der Waals surface area contributed by atoms with Crippen LogP contribution >= 0.6 is 11.6 Å². The molecule has 3 aliphatic carbocycles. The molecule has 101 heavy (non-hydrogen) atoms. The van der Waals surface area contributed by atoms with Gasteiger partial charge in [-0.05, 0) is 159 Å². The molecule has 6 aliphatic rings. The Hall–Kier alpha value is -8.27. The Kier molecular flexibility index (Phi) is 30.7. The first-order valence-corrected chi connectivity index (χ1v) is 35.1. The van der Waals surface area contributed by atoms with Gasteiger partial charge in [0.1, 0.15) is 47.8 Å². The fourth-order valence-electron chi connectivity index (χ4n) is 12.6. The lowest BCUT2D eigenvalue weighted by Gasteiger charge is -2.41. The fraction of sp³-hybridized carbons (Fsp3) is 0.575. The van der Waals surface area contributed by atoms with Crippen LogP contribution in [0.4, 0.5) is 37.1 Å². The minimum atomic E-state index is -4.53. The van der Waals surface area contributed by atoms with Gasteiger partial charge in [-0.15, -0.1) is 0 Å². The molecule has 554 valence electrons. The molecular weight excluding hydrogens is 1330 g/mol. The van der Waals surface area contributed by atoms with Crippen LogP contribution in [-0.4, -0.2) is 202 Å². The van der Waals surface area contributed by atoms with Crippen LogP contribution in [0.1, 0.15) is 159 Å². The summed E-state index contributed by atoms with van der Waals surface area (Å²) in [5, 5.41) is 22.6. The molecule has 1 aromatic heterocycles. The molecule has 11 rings (SSSR count). The zero-order valence-electron chi connectivity index (χ0n) is 58.3. The first-order chi connectivity index (χ1) is 47.7. The number of halogens is 4. The van der Waals surface area contributed by atoms with Crippen LogP contribution in [0.3, 0.4) is 0 Å². The van der Waals surface area contributed by atoms with Gasteiger partial charge in [-0.1, -0.05) is 79.7 Å². The molecule has 3 saturated heterocycles. The van der Waals surface area contributed by atoms with Crippen molar-refractivity contribution < 1.29 is 70.4 Å². The molecule has 28 heteroatoms. The van der Waals surface area contributed by atoms with E-state index in [4.69, 9.17) is 35.3 Å². The Morgan fingerprint density at radius 1 is 0.505 bits per heavy atom. The number of hydrogen-bond donors (Lipinski definition) is 5. The number of hydrogen-bond acceptors (Lipinski definition) is 17. The highest BCUT2D eigenvalue weighted by molar-refractivity contribution is 6.30. The van der Waals surface area contributed by atoms with Crippen LogP contribution in [0, 0.1) is 0 Å². The van der Waals surface area contributed by atoms with Crippen molar-refractivity contribution in [2.24, 2.45) is 0 Å². The minimum absolute atomic E-state index is 0. The van der Waals surface area contributed by atoms with Crippen LogP contribution < -0.4 is 21.3 Å². The summed E-state index contributed by atoms with van der Waals surface area (Å²) in [6.07, 6.45) is 4.00. The quantitative estimate of drug-likeness (QED) is 0.0726. The number of rotatable bonds is 12. The summed E-state index contributed by atoms with van der Waals surface area (Å²) >= 11 is 5.80. The standard InChI is InChI=1S/C26H28ClF3N6O3.C23H35N3O4.C12H16N2O2.C11H19NO3.CH4/c27-19-12-16(11-18(14-19)26(28,29)30)15-39-25(38)36-9-7-35(8-10-36)21-4-2-20(3-5-21)31-24(37)17-1-6-22-23(13-17)33-34-32-22;1-23(2,3)30-21(27)24-19-9-11-20(12-10-19)25-13-15-26(16-14-25)22(28)29-17-18-7-5-4-6-8-18;15-12(14-8-6-13-7-9-14)16-10-11-4-2-1-3-5-11;1-11(2,3)15-10(14)12-8-4-6-9(13)7-5-8;/h1,6,11-14,20-21H,2-5,7-10,15H2,(H,31,37)(H,32,33,34);4-8,19-20H,9-17H2,1-3H3,(H,24,27);1-5,13H,6-10H2;8H,4-7H2,1-3H3,(H,12,14);1H4. The van der Waals surface area contributed by atoms with Gasteiger partial charge in [0.15, 0.2) is 0 Å². The second kappa shape index (κ2) is 38.7. The summed E-state index contributed by atoms with van der Waals surface area (Å²) in [5.41, 5.74) is 2.30. The van der Waals surface area contributed by atoms with E-state index in [2.05, 4.69) is 46.5 Å². The zero-order valence-corrected chi connectivity index (χ0v) is 59.0. The SMILES string of the molecule is C.CC(C)(C)OC(=O)NC1CCC(=O)CC1.CC(C)(C)OC(=O)NC1CCC(N2CCN(C(=O)OCc3ccccc3)CC2)CC1.O=C(NC1CCC(N2CCN(C(=O)OCc3cc(Cl)cc(C(F)(F)F)c3)CC2)CC1)c1ccc2n[nH]nc2c1.O=C(OCc1ccccc1)N1CCNCC1. The van der Waals surface area contributed by atoms with Gasteiger partial charge in [0.25, 0.3) is 5.91 Å². The van der Waals surface area contributed by atoms with Gasteiger partial charge < -0.3 is 59.7 Å². The maximum Gasteiger partial charge on any atom is 0.416 e. The van der Waals surface area contributed by atoms with Crippen molar-refractivity contribution in [3.63, 3.8) is 0 Å². The molecule has 5 aromatic rings. The van der Waals surface area contributed by atoms with Crippen LogP contribution in [0.15, 0.2) is 97.1 Å². The number of benzene rings is 4. The van der Waals surface area contributed by atoms with E-state index in [0.717, 1.165) is 127 Å². The Morgan fingerprint density at radius 3 is 1.37 bits per heavy atom. The highest BCUT2D eigenvalue weighted by Crippen LogP contribution is 2.33. The molecule has 0 bridgehead atoms. The number of carbonyl (C=O) groups is 7. The number of nitrogens with one attached hydrogen (secondary N) is 5. The van der Waals surface area contributed by atoms with Gasteiger partial charge in [0, 0.05) is 132 Å². The average Bonchev–Trinajstić information content (AvgIpc) is 1.80. The monoisotopic (exact) mass is 1430 g/mol. The van der Waals surface area contributed by atoms with Crippen molar-refractivity contribution in [2.75, 3.05) is 78.5 Å². The molecule has 0 unspecified atom stereocenters. The van der Waals surface area contributed by atoms with Crippen molar-refractivity contribution in [2.45, 2.75) is 193 Å². The summed E-state index contributed by atoms with van der Waals surface area (Å²) in [7, 11) is 0. The molecule has 0 atom stereocenters. The minimum Gasteiger partial charge on any atom is -0.445 e. The number of aromatic amines is 1. The number of amides is 6. The fourth-order valence-corrected chi connectivity index (χ4v) is 12.9. The van der Waals surface area contributed by atoms with Crippen LogP contribution in [0.25, 0.3) is 11.0 Å². The number of aromatic nitrogens is 3. The number of carbonyl (C=O) groups excluding carboxylic acids is 7. The molecule has 24 nitrogen and oxygen atoms in total. The average molecular weight is 1430 g/mol. The Balaban J connectivity index is 0.000000203. The predicted molar refractivity (Wildman–Crippen MR) is 377 cm³/mol. The van der Waals surface area contributed by atoms with Crippen molar-refractivity contribution >= 4 is 64.8 Å². The predicted octanol–water partition coefficient (Wildman–Crippen LogP) is 12.3. The van der Waals surface area contributed by atoms with Crippen LogP contribution in [-0.2, 0) is 54.5 Å². The van der Waals surface area contributed by atoms with Crippen molar-refractivity contribution in [3.8, 4) is 0 Å². The molecule has 3 aliphatic heterocycles. The summed E-state index contributed by atoms with van der Waals surface area (Å²) < 4.78 is 65.5. The number of ketones is 1. The highest BCUT2D eigenvalue weighted by Gasteiger charge is 2.35. The smallest absolute Gasteiger partial charge is 0.416 e. The second-order valence-electron chi connectivity index (χ2n) is 27.9. The number of H-pyrrole nitrogens is 1. The van der Waals surface area contributed by atoms with E-state index in [9.17, 15) is 46.7 Å². The molecule has 6 fully saturated rings. The van der Waals surface area contributed by atoms with Crippen molar-refractivity contribution in [1.82, 2.24) is 61.2 Å². The highest BCUT2D eigenvalue weighted by atomic mass is 35.5. The van der Waals surface area contributed by atoms with Crippen LogP contribution in [0.2, 0.25) is 5.02 Å². The molecule has 4 heterocycles. The third-order valence-electron chi connectivity index (χ3n) is 17.9. The van der Waals surface area contributed by atoms with E-state index in [-0.39, 0.29) is 78.8 Å². The van der Waals surface area contributed by atoms with Gasteiger partial charge >= 0.3 is 36.6 Å². The molecule has 5 N–H and O–H groups in total. The second-order valence-corrected chi connectivity index (χ2v) is 28.3. The molecule has 6 amide bonds. The largest absolute Gasteiger partial charge is 0.445 e. The van der Waals surface area contributed by atoms with Crippen LogP contribution in [0.5, 0.6) is 0 Å². The third-order valence-corrected chi connectivity index (χ3v) is 18.1. The number of ether oxygens (including phenoxy) is 5. The first kappa shape index (κ1) is 80.0. The number of alkyl halides is 3. The Bertz CT molecular complexity index is 3420. The Labute approximate surface area is 595 Å². The number of fused-ring (bicyclic) bond motifs is 1. The van der Waals surface area contributed by atoms with E-state index in [1.165, 1.54) is 6.07 Å². The molecule has 0 spiro atoms. The van der Waals surface area contributed by atoms with E-state index in [1.54, 1.807) is 32.9 Å². The van der Waals surface area contributed by atoms with E-state index in [1.807, 2.05) is 102 Å². The molecule has 4 aromatic carbocycles. The Morgan fingerprint density at radius 2 is 0.921 bits per heavy atom. The lowest BCUT2D eigenvalue weighted by Crippen LogP contribution is -2.53. The number of nitrogens with zero attached hydrogens (tertiary/aromatic N) is 7. The lowest BCUT2D eigenvalue weighted by molar-refractivity contribution is -0.137. The summed E-state index contributed by atoms with van der Waals surface area (Å²) in [6.45, 7) is 20.1. The zero-order chi connectivity index (χ0) is 71.8. The number of Topliss-reactive ketones (excluding diaryl/α,β-unsaturated/α-hetero) is 1.